The maximum absolute atomic E-state index is 10.9. The third-order valence-electron chi connectivity index (χ3n) is 3.26. The Hall–Kier alpha value is -2.23. The van der Waals surface area contributed by atoms with Gasteiger partial charge in [-0.25, -0.2) is 0 Å². The molecule has 0 atom stereocenters. The number of nitrogens with one attached hydrogen (secondary N) is 2. The molecule has 0 aliphatic heterocycles. The Kier molecular flexibility index (Phi) is 5.24. The first-order valence-corrected chi connectivity index (χ1v) is 6.88. The van der Waals surface area contributed by atoms with E-state index in [0.717, 1.165) is 37.0 Å². The predicted octanol–water partition coefficient (Wildman–Crippen LogP) is 2.50. The summed E-state index contributed by atoms with van der Waals surface area (Å²) in [4.78, 5) is 10.9. The summed E-state index contributed by atoms with van der Waals surface area (Å²) < 4.78 is 0. The number of rotatable bonds is 7. The van der Waals surface area contributed by atoms with Gasteiger partial charge in [-0.3, -0.25) is 4.79 Å². The van der Waals surface area contributed by atoms with Gasteiger partial charge in [-0.05, 0) is 36.6 Å². The van der Waals surface area contributed by atoms with E-state index >= 15 is 0 Å². The molecule has 3 nitrogen and oxygen atoms in total. The maximum Gasteiger partial charge on any atom is 0.214 e. The van der Waals surface area contributed by atoms with Crippen molar-refractivity contribution in [2.75, 3.05) is 17.1 Å². The Labute approximate surface area is 120 Å². The average Bonchev–Trinajstić information content (AvgIpc) is 2.52. The van der Waals surface area contributed by atoms with E-state index in [9.17, 15) is 4.79 Å². The Bertz CT molecular complexity index is 558. The minimum Gasteiger partial charge on any atom is -0.434 e. The van der Waals surface area contributed by atoms with Gasteiger partial charge < -0.3 is 10.5 Å². The molecule has 0 aliphatic carbocycles. The van der Waals surface area contributed by atoms with Crippen molar-refractivity contribution < 1.29 is 4.79 Å². The minimum atomic E-state index is 0.683. The van der Waals surface area contributed by atoms with Crippen LogP contribution < -0.4 is 10.5 Å². The van der Waals surface area contributed by atoms with Crippen LogP contribution in [0, 0.1) is 0 Å². The van der Waals surface area contributed by atoms with E-state index in [-0.39, 0.29) is 0 Å². The first kappa shape index (κ1) is 14.2. The van der Waals surface area contributed by atoms with Crippen LogP contribution in [0.4, 0.5) is 11.4 Å². The van der Waals surface area contributed by atoms with Crippen molar-refractivity contribution in [3.05, 3.63) is 59.7 Å². The van der Waals surface area contributed by atoms with Crippen molar-refractivity contribution in [3.8, 4) is 0 Å². The Morgan fingerprint density at radius 2 is 1.90 bits per heavy atom. The second kappa shape index (κ2) is 7.39. The summed E-state index contributed by atoms with van der Waals surface area (Å²) in [5, 5.41) is 6.42. The summed E-state index contributed by atoms with van der Waals surface area (Å²) in [6.45, 7) is 0.915. The molecule has 4 heteroatoms. The van der Waals surface area contributed by atoms with Crippen LogP contribution in [-0.4, -0.2) is 20.8 Å². The summed E-state index contributed by atoms with van der Waals surface area (Å²) >= 11 is 0. The van der Waals surface area contributed by atoms with Gasteiger partial charge in [-0.1, -0.05) is 30.3 Å². The molecule has 0 saturated carbocycles. The number of carbonyl (C=O) groups excluding carboxylic acids is 1. The molecule has 0 amide bonds. The van der Waals surface area contributed by atoms with Crippen molar-refractivity contribution in [2.45, 2.75) is 12.8 Å². The summed E-state index contributed by atoms with van der Waals surface area (Å²) in [5.41, 5.74) is 3.94. The molecule has 20 heavy (non-hydrogen) atoms. The zero-order chi connectivity index (χ0) is 14.2. The number of benzene rings is 2. The molecular weight excluding hydrogens is 247 g/mol. The summed E-state index contributed by atoms with van der Waals surface area (Å²) in [6, 6.07) is 16.2. The Morgan fingerprint density at radius 1 is 1.10 bits per heavy atom. The van der Waals surface area contributed by atoms with Crippen molar-refractivity contribution in [2.24, 2.45) is 0 Å². The molecule has 2 aromatic carbocycles. The van der Waals surface area contributed by atoms with Gasteiger partial charge in [-0.15, -0.1) is 0 Å². The van der Waals surface area contributed by atoms with Gasteiger partial charge in [0.2, 0.25) is 7.98 Å². The zero-order valence-electron chi connectivity index (χ0n) is 11.7. The monoisotopic (exact) mass is 266 g/mol. The lowest BCUT2D eigenvalue weighted by atomic mass is 10.1. The Balaban J connectivity index is 1.83. The topological polar surface area (TPSA) is 41.1 Å². The van der Waals surface area contributed by atoms with Crippen molar-refractivity contribution in [3.63, 3.8) is 0 Å². The van der Waals surface area contributed by atoms with Crippen LogP contribution in [0.2, 0.25) is 0 Å². The predicted molar refractivity (Wildman–Crippen MR) is 87.2 cm³/mol. The van der Waals surface area contributed by atoms with Gasteiger partial charge in [0.05, 0.1) is 0 Å². The fraction of sp³-hybridized carbons (Fsp3) is 0.188. The molecule has 0 radical (unpaired) electrons. The van der Waals surface area contributed by atoms with Gasteiger partial charge in [0.1, 0.15) is 0 Å². The molecule has 0 spiro atoms. The number of carbonyl (C=O) groups is 1. The highest BCUT2D eigenvalue weighted by Crippen LogP contribution is 2.19. The maximum atomic E-state index is 10.9. The minimum absolute atomic E-state index is 0.683. The molecule has 102 valence electrons. The fourth-order valence-electron chi connectivity index (χ4n) is 2.16. The summed E-state index contributed by atoms with van der Waals surface area (Å²) in [7, 11) is 1.82. The highest BCUT2D eigenvalue weighted by atomic mass is 16.1. The molecule has 2 rings (SSSR count). The lowest BCUT2D eigenvalue weighted by molar-refractivity contribution is 0.112. The summed E-state index contributed by atoms with van der Waals surface area (Å²) in [6.07, 6.45) is 3.01. The van der Waals surface area contributed by atoms with E-state index in [0.29, 0.717) is 5.56 Å². The fourth-order valence-corrected chi connectivity index (χ4v) is 2.16. The van der Waals surface area contributed by atoms with E-state index in [4.69, 9.17) is 0 Å². The second-order valence-electron chi connectivity index (χ2n) is 4.69. The third-order valence-corrected chi connectivity index (χ3v) is 3.26. The molecule has 0 fully saturated rings. The lowest BCUT2D eigenvalue weighted by Gasteiger charge is -2.10. The quantitative estimate of drug-likeness (QED) is 0.459. The van der Waals surface area contributed by atoms with Crippen molar-refractivity contribution in [1.82, 2.24) is 0 Å². The van der Waals surface area contributed by atoms with Crippen LogP contribution in [0.3, 0.4) is 0 Å². The van der Waals surface area contributed by atoms with Gasteiger partial charge in [0.15, 0.2) is 6.29 Å². The highest BCUT2D eigenvalue weighted by molar-refractivity contribution is 6.17. The number of aldehydes is 1. The second-order valence-corrected chi connectivity index (χ2v) is 4.69. The van der Waals surface area contributed by atoms with E-state index in [1.807, 2.05) is 32.2 Å². The van der Waals surface area contributed by atoms with Gasteiger partial charge in [0, 0.05) is 23.5 Å². The van der Waals surface area contributed by atoms with Crippen LogP contribution in [0.15, 0.2) is 48.5 Å². The SMILES string of the molecule is BNc1cc(NCCCc2ccccc2)ccc1C=O. The molecule has 0 saturated heterocycles. The lowest BCUT2D eigenvalue weighted by Crippen LogP contribution is -2.04. The standard InChI is InChI=1S/C16H19BN2O/c17-19-16-11-15(9-8-14(16)12-20)18-10-4-7-13-5-2-1-3-6-13/h1-3,5-6,8-9,11-12,18-19H,4,7,10,17H2. The molecular formula is C16H19BN2O. The molecule has 2 N–H and O–H groups in total. The van der Waals surface area contributed by atoms with E-state index in [2.05, 4.69) is 34.8 Å². The smallest absolute Gasteiger partial charge is 0.214 e. The number of hydrogen-bond acceptors (Lipinski definition) is 3. The molecule has 0 heterocycles. The molecule has 2 aromatic rings. The van der Waals surface area contributed by atoms with E-state index < -0.39 is 0 Å². The van der Waals surface area contributed by atoms with Crippen molar-refractivity contribution in [1.29, 1.82) is 0 Å². The number of hydrogen-bond donors (Lipinski definition) is 2. The normalized spacial score (nSPS) is 10.0. The van der Waals surface area contributed by atoms with Crippen LogP contribution in [0.1, 0.15) is 22.3 Å². The summed E-state index contributed by atoms with van der Waals surface area (Å²) in [5.74, 6) is 0. The highest BCUT2D eigenvalue weighted by Gasteiger charge is 2.01. The first-order chi connectivity index (χ1) is 9.83. The van der Waals surface area contributed by atoms with Crippen LogP contribution in [-0.2, 0) is 6.42 Å². The van der Waals surface area contributed by atoms with Crippen LogP contribution >= 0.6 is 0 Å². The van der Waals surface area contributed by atoms with Crippen molar-refractivity contribution >= 4 is 25.6 Å². The van der Waals surface area contributed by atoms with Gasteiger partial charge in [0.25, 0.3) is 0 Å². The van der Waals surface area contributed by atoms with Crippen LogP contribution in [0.25, 0.3) is 0 Å². The van der Waals surface area contributed by atoms with Gasteiger partial charge >= 0.3 is 0 Å². The molecule has 0 bridgehead atoms. The molecule has 0 unspecified atom stereocenters. The first-order valence-electron chi connectivity index (χ1n) is 6.88. The third kappa shape index (κ3) is 3.88. The Morgan fingerprint density at radius 3 is 2.60 bits per heavy atom. The average molecular weight is 266 g/mol. The molecule has 0 aliphatic rings. The van der Waals surface area contributed by atoms with Gasteiger partial charge in [-0.2, -0.15) is 0 Å². The largest absolute Gasteiger partial charge is 0.434 e. The number of anilines is 2. The van der Waals surface area contributed by atoms with Crippen LogP contribution in [0.5, 0.6) is 0 Å². The van der Waals surface area contributed by atoms with E-state index in [1.54, 1.807) is 0 Å². The van der Waals surface area contributed by atoms with E-state index in [1.165, 1.54) is 5.56 Å². The molecule has 0 aromatic heterocycles. The zero-order valence-corrected chi connectivity index (χ0v) is 11.7. The number of aryl methyl sites for hydroxylation is 1.